The van der Waals surface area contributed by atoms with Gasteiger partial charge in [0.2, 0.25) is 5.91 Å². The van der Waals surface area contributed by atoms with E-state index < -0.39 is 23.7 Å². The number of carbonyl (C=O) groups is 2. The predicted octanol–water partition coefficient (Wildman–Crippen LogP) is 3.81. The van der Waals surface area contributed by atoms with Crippen molar-refractivity contribution in [3.05, 3.63) is 48.0 Å². The van der Waals surface area contributed by atoms with Crippen molar-refractivity contribution in [3.8, 4) is 17.2 Å². The summed E-state index contributed by atoms with van der Waals surface area (Å²) in [4.78, 5) is 27.3. The summed E-state index contributed by atoms with van der Waals surface area (Å²) < 4.78 is 48.9. The molecule has 2 aromatic carbocycles. The highest BCUT2D eigenvalue weighted by Crippen LogP contribution is 2.34. The van der Waals surface area contributed by atoms with Gasteiger partial charge in [0.25, 0.3) is 0 Å². The Kier molecular flexibility index (Phi) is 5.77. The van der Waals surface area contributed by atoms with Gasteiger partial charge in [-0.25, -0.2) is 4.79 Å². The summed E-state index contributed by atoms with van der Waals surface area (Å²) in [5.41, 5.74) is -0.472. The highest BCUT2D eigenvalue weighted by Gasteiger charge is 2.37. The molecule has 7 nitrogen and oxygen atoms in total. The Balaban J connectivity index is 1.77. The first-order valence-electron chi connectivity index (χ1n) is 8.92. The second-order valence-corrected chi connectivity index (χ2v) is 6.77. The van der Waals surface area contributed by atoms with E-state index in [4.69, 9.17) is 9.47 Å². The monoisotopic (exact) mass is 423 g/mol. The fraction of sp³-hybridized carbons (Fsp3) is 0.300. The Morgan fingerprint density at radius 1 is 1.10 bits per heavy atom. The van der Waals surface area contributed by atoms with Crippen LogP contribution in [0.2, 0.25) is 0 Å². The number of urea groups is 1. The SMILES string of the molecule is COc1ccc(Oc2ccc(C(F)(F)F)cc2)cc1NC(=O)C1CN(C)C(=O)N1C. The third-order valence-electron chi connectivity index (χ3n) is 4.69. The predicted molar refractivity (Wildman–Crippen MR) is 103 cm³/mol. The van der Waals surface area contributed by atoms with E-state index in [1.54, 1.807) is 19.2 Å². The zero-order valence-electron chi connectivity index (χ0n) is 16.5. The van der Waals surface area contributed by atoms with Gasteiger partial charge in [0, 0.05) is 20.2 Å². The molecule has 0 radical (unpaired) electrons. The molecule has 0 spiro atoms. The number of halogens is 3. The second kappa shape index (κ2) is 8.13. The second-order valence-electron chi connectivity index (χ2n) is 6.77. The summed E-state index contributed by atoms with van der Waals surface area (Å²) in [6.45, 7) is 0.241. The number of likely N-dealkylation sites (N-methyl/N-ethyl adjacent to an activating group) is 2. The highest BCUT2D eigenvalue weighted by atomic mass is 19.4. The molecule has 3 rings (SSSR count). The Bertz CT molecular complexity index is 947. The van der Waals surface area contributed by atoms with E-state index in [1.807, 2.05) is 0 Å². The van der Waals surface area contributed by atoms with E-state index in [0.29, 0.717) is 17.2 Å². The molecule has 1 heterocycles. The maximum atomic E-state index is 12.7. The van der Waals surface area contributed by atoms with Gasteiger partial charge in [-0.15, -0.1) is 0 Å². The molecule has 1 N–H and O–H groups in total. The van der Waals surface area contributed by atoms with E-state index in [-0.39, 0.29) is 18.3 Å². The van der Waals surface area contributed by atoms with Crippen molar-refractivity contribution in [3.63, 3.8) is 0 Å². The van der Waals surface area contributed by atoms with Crippen LogP contribution in [0.3, 0.4) is 0 Å². The number of benzene rings is 2. The first kappa shape index (κ1) is 21.3. The zero-order chi connectivity index (χ0) is 22.1. The van der Waals surface area contributed by atoms with E-state index >= 15 is 0 Å². The van der Waals surface area contributed by atoms with E-state index in [1.165, 1.54) is 42.2 Å². The van der Waals surface area contributed by atoms with Crippen LogP contribution in [0.5, 0.6) is 17.2 Å². The Morgan fingerprint density at radius 3 is 2.27 bits per heavy atom. The molecule has 1 fully saturated rings. The van der Waals surface area contributed by atoms with Gasteiger partial charge in [0.05, 0.1) is 24.9 Å². The first-order chi connectivity index (χ1) is 14.1. The molecule has 1 unspecified atom stereocenters. The number of ether oxygens (including phenoxy) is 2. The molecular formula is C20H20F3N3O4. The number of alkyl halides is 3. The van der Waals surface area contributed by atoms with Crippen LogP contribution in [0.15, 0.2) is 42.5 Å². The van der Waals surface area contributed by atoms with Gasteiger partial charge >= 0.3 is 12.2 Å². The normalized spacial score (nSPS) is 16.6. The molecule has 0 saturated carbocycles. The number of nitrogens with zero attached hydrogens (tertiary/aromatic N) is 2. The van der Waals surface area contributed by atoms with Crippen molar-refractivity contribution in [1.29, 1.82) is 0 Å². The number of hydrogen-bond acceptors (Lipinski definition) is 4. The summed E-state index contributed by atoms with van der Waals surface area (Å²) in [7, 11) is 4.57. The number of amides is 3. The fourth-order valence-electron chi connectivity index (χ4n) is 3.03. The average Bonchev–Trinajstić information content (AvgIpc) is 2.95. The van der Waals surface area contributed by atoms with Gasteiger partial charge in [0.1, 0.15) is 23.3 Å². The zero-order valence-corrected chi connectivity index (χ0v) is 16.5. The van der Waals surface area contributed by atoms with Crippen molar-refractivity contribution in [2.24, 2.45) is 0 Å². The summed E-state index contributed by atoms with van der Waals surface area (Å²) in [5, 5.41) is 2.72. The molecular weight excluding hydrogens is 403 g/mol. The van der Waals surface area contributed by atoms with Gasteiger partial charge in [0.15, 0.2) is 0 Å². The summed E-state index contributed by atoms with van der Waals surface area (Å²) in [6.07, 6.45) is -4.43. The smallest absolute Gasteiger partial charge is 0.416 e. The first-order valence-corrected chi connectivity index (χ1v) is 8.92. The standard InChI is InChI=1S/C20H20F3N3O4/c1-25-11-16(26(2)19(25)28)18(27)24-15-10-14(8-9-17(15)29-3)30-13-6-4-12(5-7-13)20(21,22)23/h4-10,16H,11H2,1-3H3,(H,24,27). The summed E-state index contributed by atoms with van der Waals surface area (Å²) in [5.74, 6) is 0.454. The highest BCUT2D eigenvalue weighted by molar-refractivity contribution is 5.99. The molecule has 1 aliphatic heterocycles. The molecule has 2 aromatic rings. The molecule has 3 amide bonds. The van der Waals surface area contributed by atoms with Crippen molar-refractivity contribution >= 4 is 17.6 Å². The van der Waals surface area contributed by atoms with Gasteiger partial charge in [-0.2, -0.15) is 13.2 Å². The topological polar surface area (TPSA) is 71.1 Å². The maximum absolute atomic E-state index is 12.7. The van der Waals surface area contributed by atoms with Crippen LogP contribution in [-0.2, 0) is 11.0 Å². The van der Waals surface area contributed by atoms with Crippen molar-refractivity contribution in [2.45, 2.75) is 12.2 Å². The number of nitrogens with one attached hydrogen (secondary N) is 1. The Labute approximate surface area is 171 Å². The van der Waals surface area contributed by atoms with Gasteiger partial charge in [-0.05, 0) is 36.4 Å². The third kappa shape index (κ3) is 4.42. The van der Waals surface area contributed by atoms with Crippen LogP contribution in [0, 0.1) is 0 Å². The van der Waals surface area contributed by atoms with E-state index in [2.05, 4.69) is 5.32 Å². The molecule has 160 valence electrons. The van der Waals surface area contributed by atoms with Crippen LogP contribution in [0.25, 0.3) is 0 Å². The number of carbonyl (C=O) groups excluding carboxylic acids is 2. The number of rotatable bonds is 5. The molecule has 0 aliphatic carbocycles. The van der Waals surface area contributed by atoms with Crippen LogP contribution < -0.4 is 14.8 Å². The van der Waals surface area contributed by atoms with Crippen LogP contribution in [0.4, 0.5) is 23.7 Å². The largest absolute Gasteiger partial charge is 0.495 e. The molecule has 0 aromatic heterocycles. The maximum Gasteiger partial charge on any atom is 0.416 e. The number of anilines is 1. The van der Waals surface area contributed by atoms with Gasteiger partial charge < -0.3 is 24.6 Å². The third-order valence-corrected chi connectivity index (χ3v) is 4.69. The molecule has 0 bridgehead atoms. The average molecular weight is 423 g/mol. The number of methoxy groups -OCH3 is 1. The summed E-state index contributed by atoms with van der Waals surface area (Å²) in [6, 6.07) is 7.94. The van der Waals surface area contributed by atoms with Crippen molar-refractivity contribution in [2.75, 3.05) is 33.1 Å². The Morgan fingerprint density at radius 2 is 1.73 bits per heavy atom. The van der Waals surface area contributed by atoms with Gasteiger partial charge in [-0.3, -0.25) is 4.79 Å². The lowest BCUT2D eigenvalue weighted by Gasteiger charge is -2.19. The number of hydrogen-bond donors (Lipinski definition) is 1. The lowest BCUT2D eigenvalue weighted by atomic mass is 10.2. The van der Waals surface area contributed by atoms with Crippen molar-refractivity contribution in [1.82, 2.24) is 9.80 Å². The van der Waals surface area contributed by atoms with Crippen LogP contribution in [0.1, 0.15) is 5.56 Å². The quantitative estimate of drug-likeness (QED) is 0.794. The molecule has 30 heavy (non-hydrogen) atoms. The minimum Gasteiger partial charge on any atom is -0.495 e. The lowest BCUT2D eigenvalue weighted by Crippen LogP contribution is -2.40. The van der Waals surface area contributed by atoms with E-state index in [0.717, 1.165) is 12.1 Å². The minimum absolute atomic E-state index is 0.202. The van der Waals surface area contributed by atoms with Crippen LogP contribution in [-0.4, -0.2) is 55.5 Å². The van der Waals surface area contributed by atoms with Crippen LogP contribution >= 0.6 is 0 Å². The fourth-order valence-corrected chi connectivity index (χ4v) is 3.03. The summed E-state index contributed by atoms with van der Waals surface area (Å²) >= 11 is 0. The minimum atomic E-state index is -4.43. The van der Waals surface area contributed by atoms with Crippen molar-refractivity contribution < 1.29 is 32.2 Å². The molecule has 1 saturated heterocycles. The van der Waals surface area contributed by atoms with Gasteiger partial charge in [-0.1, -0.05) is 0 Å². The Hall–Kier alpha value is -3.43. The molecule has 1 aliphatic rings. The lowest BCUT2D eigenvalue weighted by molar-refractivity contribution is -0.137. The van der Waals surface area contributed by atoms with E-state index in [9.17, 15) is 22.8 Å². The molecule has 10 heteroatoms. The molecule has 1 atom stereocenters.